The number of nitrogens with two attached hydrogens (primary N) is 1. The van der Waals surface area contributed by atoms with Gasteiger partial charge in [-0.25, -0.2) is 0 Å². The van der Waals surface area contributed by atoms with Crippen molar-refractivity contribution >= 4 is 22.6 Å². The lowest BCUT2D eigenvalue weighted by molar-refractivity contribution is 0.278. The molecule has 2 fully saturated rings. The molecule has 0 aliphatic heterocycles. The first-order valence-electron chi connectivity index (χ1n) is 8.00. The van der Waals surface area contributed by atoms with Gasteiger partial charge >= 0.3 is 0 Å². The number of rotatable bonds is 6. The maximum absolute atomic E-state index is 12.5. The minimum Gasteiger partial charge on any atom is -0.329 e. The topological polar surface area (TPSA) is 75.4 Å². The van der Waals surface area contributed by atoms with Crippen molar-refractivity contribution in [2.45, 2.75) is 69.9 Å². The molecule has 126 valence electrons. The van der Waals surface area contributed by atoms with Gasteiger partial charge in [0.2, 0.25) is 0 Å². The van der Waals surface area contributed by atoms with E-state index in [9.17, 15) is 8.42 Å². The highest BCUT2D eigenvalue weighted by Gasteiger charge is 2.32. The normalized spacial score (nSPS) is 23.2. The zero-order valence-corrected chi connectivity index (χ0v) is 14.6. The summed E-state index contributed by atoms with van der Waals surface area (Å²) in [6.45, 7) is 0.391. The lowest BCUT2D eigenvalue weighted by atomic mass is 9.96. The summed E-state index contributed by atoms with van der Waals surface area (Å²) in [4.78, 5) is 0. The Morgan fingerprint density at radius 2 is 1.62 bits per heavy atom. The highest BCUT2D eigenvalue weighted by molar-refractivity contribution is 7.87. The smallest absolute Gasteiger partial charge is 0.279 e. The molecule has 3 N–H and O–H groups in total. The molecule has 0 bridgehead atoms. The predicted octanol–water partition coefficient (Wildman–Crippen LogP) is 2.02. The van der Waals surface area contributed by atoms with Gasteiger partial charge in [0, 0.05) is 25.7 Å². The summed E-state index contributed by atoms with van der Waals surface area (Å²) < 4.78 is 29.4. The molecule has 2 aliphatic carbocycles. The number of halogens is 1. The van der Waals surface area contributed by atoms with E-state index in [0.717, 1.165) is 38.5 Å². The van der Waals surface area contributed by atoms with Crippen molar-refractivity contribution in [3.8, 4) is 0 Å². The van der Waals surface area contributed by atoms with E-state index in [4.69, 9.17) is 5.73 Å². The van der Waals surface area contributed by atoms with Crippen LogP contribution >= 0.6 is 12.4 Å². The summed E-state index contributed by atoms with van der Waals surface area (Å²) in [7, 11) is -1.70. The lowest BCUT2D eigenvalue weighted by Crippen LogP contribution is -2.52. The van der Waals surface area contributed by atoms with E-state index in [0.29, 0.717) is 12.5 Å². The Balaban J connectivity index is 0.00000220. The molecule has 0 saturated heterocycles. The number of hydrogen-bond donors (Lipinski definition) is 2. The Kier molecular flexibility index (Phi) is 7.92. The van der Waals surface area contributed by atoms with Gasteiger partial charge in [0.15, 0.2) is 0 Å². The van der Waals surface area contributed by atoms with Gasteiger partial charge in [0.25, 0.3) is 10.2 Å². The molecule has 7 heteroatoms. The molecule has 0 radical (unpaired) electrons. The monoisotopic (exact) mass is 339 g/mol. The molecular formula is C14H30ClN3O2S. The minimum absolute atomic E-state index is 0. The quantitative estimate of drug-likeness (QED) is 0.777. The molecule has 0 aromatic carbocycles. The maximum atomic E-state index is 12.5. The first-order valence-corrected chi connectivity index (χ1v) is 9.44. The molecule has 2 rings (SSSR count). The highest BCUT2D eigenvalue weighted by atomic mass is 35.5. The third-order valence-corrected chi connectivity index (χ3v) is 6.65. The largest absolute Gasteiger partial charge is 0.329 e. The molecule has 0 aromatic rings. The second kappa shape index (κ2) is 8.67. The van der Waals surface area contributed by atoms with Gasteiger partial charge in [-0.05, 0) is 31.6 Å². The van der Waals surface area contributed by atoms with Crippen LogP contribution in [0.1, 0.15) is 57.8 Å². The third-order valence-electron chi connectivity index (χ3n) is 4.99. The first-order chi connectivity index (χ1) is 9.54. The summed E-state index contributed by atoms with van der Waals surface area (Å²) in [5, 5.41) is 0. The van der Waals surface area contributed by atoms with Crippen LogP contribution in [0.25, 0.3) is 0 Å². The number of nitrogens with zero attached hydrogens (tertiary/aromatic N) is 1. The second-order valence-electron chi connectivity index (χ2n) is 6.32. The maximum Gasteiger partial charge on any atom is 0.279 e. The summed E-state index contributed by atoms with van der Waals surface area (Å²) in [6.07, 6.45) is 10.0. The van der Waals surface area contributed by atoms with E-state index in [1.807, 2.05) is 0 Å². The van der Waals surface area contributed by atoms with E-state index >= 15 is 0 Å². The minimum atomic E-state index is -3.41. The van der Waals surface area contributed by atoms with Gasteiger partial charge in [-0.15, -0.1) is 12.4 Å². The van der Waals surface area contributed by atoms with Crippen molar-refractivity contribution in [1.82, 2.24) is 9.03 Å². The molecule has 0 aromatic heterocycles. The zero-order valence-electron chi connectivity index (χ0n) is 13.0. The van der Waals surface area contributed by atoms with Crippen molar-refractivity contribution < 1.29 is 8.42 Å². The van der Waals surface area contributed by atoms with Crippen LogP contribution in [-0.2, 0) is 10.2 Å². The fourth-order valence-corrected chi connectivity index (χ4v) is 5.05. The van der Waals surface area contributed by atoms with Crippen LogP contribution in [0.5, 0.6) is 0 Å². The summed E-state index contributed by atoms with van der Waals surface area (Å²) in [5.74, 6) is 0.412. The second-order valence-corrected chi connectivity index (χ2v) is 8.08. The summed E-state index contributed by atoms with van der Waals surface area (Å²) in [6, 6.07) is 0.0526. The molecule has 21 heavy (non-hydrogen) atoms. The molecule has 0 heterocycles. The van der Waals surface area contributed by atoms with Gasteiger partial charge in [0.1, 0.15) is 0 Å². The number of hydrogen-bond acceptors (Lipinski definition) is 3. The van der Waals surface area contributed by atoms with Gasteiger partial charge < -0.3 is 5.73 Å². The standard InChI is InChI=1S/C14H29N3O2S.ClH/c1-17(13-9-3-2-4-10-13)20(18,19)16-14(11-15)12-7-5-6-8-12;/h12-14,16H,2-11,15H2,1H3;1H. The van der Waals surface area contributed by atoms with Crippen LogP contribution in [0.4, 0.5) is 0 Å². The van der Waals surface area contributed by atoms with Gasteiger partial charge in [-0.2, -0.15) is 17.4 Å². The van der Waals surface area contributed by atoms with Crippen molar-refractivity contribution in [2.75, 3.05) is 13.6 Å². The van der Waals surface area contributed by atoms with Crippen molar-refractivity contribution in [2.24, 2.45) is 11.7 Å². The molecular weight excluding hydrogens is 310 g/mol. The summed E-state index contributed by atoms with van der Waals surface area (Å²) in [5.41, 5.74) is 5.79. The first kappa shape index (κ1) is 19.2. The Bertz CT molecular complexity index is 393. The summed E-state index contributed by atoms with van der Waals surface area (Å²) >= 11 is 0. The van der Waals surface area contributed by atoms with Crippen molar-refractivity contribution in [3.05, 3.63) is 0 Å². The van der Waals surface area contributed by atoms with Crippen LogP contribution in [0.2, 0.25) is 0 Å². The molecule has 1 atom stereocenters. The molecule has 0 amide bonds. The van der Waals surface area contributed by atoms with Gasteiger partial charge in [-0.3, -0.25) is 0 Å². The van der Waals surface area contributed by atoms with Gasteiger partial charge in [-0.1, -0.05) is 32.1 Å². The molecule has 2 aliphatic rings. The van der Waals surface area contributed by atoms with E-state index < -0.39 is 10.2 Å². The Morgan fingerprint density at radius 3 is 2.14 bits per heavy atom. The van der Waals surface area contributed by atoms with Crippen LogP contribution < -0.4 is 10.5 Å². The molecule has 0 spiro atoms. The van der Waals surface area contributed by atoms with Crippen LogP contribution in [-0.4, -0.2) is 38.4 Å². The van der Waals surface area contributed by atoms with Crippen LogP contribution in [0.3, 0.4) is 0 Å². The number of nitrogens with one attached hydrogen (secondary N) is 1. The van der Waals surface area contributed by atoms with E-state index in [-0.39, 0.29) is 24.5 Å². The van der Waals surface area contributed by atoms with E-state index in [1.165, 1.54) is 19.3 Å². The molecule has 1 unspecified atom stereocenters. The SMILES string of the molecule is CN(C1CCCCC1)S(=O)(=O)NC(CN)C1CCCC1.Cl. The van der Waals surface area contributed by atoms with E-state index in [1.54, 1.807) is 11.4 Å². The average molecular weight is 340 g/mol. The average Bonchev–Trinajstić information content (AvgIpc) is 2.99. The lowest BCUT2D eigenvalue weighted by Gasteiger charge is -2.32. The molecule has 5 nitrogen and oxygen atoms in total. The predicted molar refractivity (Wildman–Crippen MR) is 88.7 cm³/mol. The Hall–Kier alpha value is 0.120. The molecule has 2 saturated carbocycles. The van der Waals surface area contributed by atoms with Crippen molar-refractivity contribution in [1.29, 1.82) is 0 Å². The van der Waals surface area contributed by atoms with Gasteiger partial charge in [0.05, 0.1) is 0 Å². The highest BCUT2D eigenvalue weighted by Crippen LogP contribution is 2.28. The zero-order chi connectivity index (χ0) is 14.6. The van der Waals surface area contributed by atoms with Crippen molar-refractivity contribution in [3.63, 3.8) is 0 Å². The van der Waals surface area contributed by atoms with Crippen LogP contribution in [0, 0.1) is 5.92 Å². The Morgan fingerprint density at radius 1 is 1.10 bits per heavy atom. The van der Waals surface area contributed by atoms with E-state index in [2.05, 4.69) is 4.72 Å². The fraction of sp³-hybridized carbons (Fsp3) is 1.00. The fourth-order valence-electron chi connectivity index (χ4n) is 3.61. The Labute approximate surface area is 135 Å². The third kappa shape index (κ3) is 5.06. The van der Waals surface area contributed by atoms with Crippen LogP contribution in [0.15, 0.2) is 0 Å².